The van der Waals surface area contributed by atoms with Gasteiger partial charge < -0.3 is 15.2 Å². The van der Waals surface area contributed by atoms with E-state index in [0.29, 0.717) is 0 Å². The van der Waals surface area contributed by atoms with E-state index in [2.05, 4.69) is 61.6 Å². The molecule has 0 saturated heterocycles. The summed E-state index contributed by atoms with van der Waals surface area (Å²) in [6.45, 7) is 2.47. The molecule has 7 heteroatoms. The zero-order valence-corrected chi connectivity index (χ0v) is 20.8. The largest absolute Gasteiger partial charge is 0.356 e. The molecule has 0 bridgehead atoms. The van der Waals surface area contributed by atoms with Crippen molar-refractivity contribution in [3.63, 3.8) is 0 Å². The molecule has 1 fully saturated rings. The smallest absolute Gasteiger partial charge is 0.191 e. The summed E-state index contributed by atoms with van der Waals surface area (Å²) in [5, 5.41) is 7.71. The van der Waals surface area contributed by atoms with Crippen molar-refractivity contribution in [2.45, 2.75) is 31.2 Å². The Morgan fingerprint density at radius 3 is 2.65 bits per heavy atom. The van der Waals surface area contributed by atoms with Crippen molar-refractivity contribution < 1.29 is 0 Å². The Balaban J connectivity index is 0.00000272. The molecule has 1 saturated carbocycles. The van der Waals surface area contributed by atoms with Crippen LogP contribution in [-0.4, -0.2) is 35.6 Å². The van der Waals surface area contributed by atoms with E-state index in [4.69, 9.17) is 11.6 Å². The maximum Gasteiger partial charge on any atom is 0.191 e. The van der Waals surface area contributed by atoms with Crippen LogP contribution in [0, 0.1) is 0 Å². The second-order valence-electron chi connectivity index (χ2n) is 7.85. The first-order valence-corrected chi connectivity index (χ1v) is 10.8. The standard InChI is InChI=1S/C24H28ClN5.HI/c1-26-23(29-18-24(11-12-24)20-8-5-9-21(25)16-20)28-13-10-22-27-14-15-30(22)17-19-6-3-2-4-7-19;/h2-9,14-16H,10-13,17-18H2,1H3,(H2,26,28,29);1H. The highest BCUT2D eigenvalue weighted by atomic mass is 127. The van der Waals surface area contributed by atoms with Gasteiger partial charge in [0.1, 0.15) is 5.82 Å². The van der Waals surface area contributed by atoms with Crippen LogP contribution < -0.4 is 10.6 Å². The average Bonchev–Trinajstić information content (AvgIpc) is 3.44. The monoisotopic (exact) mass is 549 g/mol. The summed E-state index contributed by atoms with van der Waals surface area (Å²) in [6.07, 6.45) is 7.09. The van der Waals surface area contributed by atoms with Crippen LogP contribution in [0.2, 0.25) is 5.02 Å². The number of imidazole rings is 1. The first-order valence-electron chi connectivity index (χ1n) is 10.4. The lowest BCUT2D eigenvalue weighted by Gasteiger charge is -2.19. The first-order chi connectivity index (χ1) is 14.7. The maximum atomic E-state index is 6.19. The summed E-state index contributed by atoms with van der Waals surface area (Å²) in [5.41, 5.74) is 2.76. The lowest BCUT2D eigenvalue weighted by Crippen LogP contribution is -2.42. The molecular formula is C24H29ClIN5. The molecule has 2 aromatic carbocycles. The van der Waals surface area contributed by atoms with Crippen LogP contribution in [0.15, 0.2) is 72.0 Å². The fourth-order valence-electron chi connectivity index (χ4n) is 3.80. The Hall–Kier alpha value is -2.06. The van der Waals surface area contributed by atoms with Gasteiger partial charge in [-0.05, 0) is 36.1 Å². The van der Waals surface area contributed by atoms with Gasteiger partial charge in [-0.1, -0.05) is 54.1 Å². The minimum absolute atomic E-state index is 0. The molecule has 0 amide bonds. The number of guanidine groups is 1. The van der Waals surface area contributed by atoms with Gasteiger partial charge in [0.05, 0.1) is 0 Å². The van der Waals surface area contributed by atoms with Crippen LogP contribution in [-0.2, 0) is 18.4 Å². The number of nitrogens with one attached hydrogen (secondary N) is 2. The Labute approximate surface area is 206 Å². The van der Waals surface area contributed by atoms with Gasteiger partial charge in [-0.25, -0.2) is 4.98 Å². The second-order valence-corrected chi connectivity index (χ2v) is 8.29. The summed E-state index contributed by atoms with van der Waals surface area (Å²) in [4.78, 5) is 8.91. The number of aliphatic imine (C=N–C) groups is 1. The van der Waals surface area contributed by atoms with E-state index >= 15 is 0 Å². The first kappa shape index (κ1) is 23.6. The van der Waals surface area contributed by atoms with E-state index in [1.807, 2.05) is 37.6 Å². The Kier molecular flexibility index (Phi) is 8.37. The van der Waals surface area contributed by atoms with Crippen molar-refractivity contribution in [2.75, 3.05) is 20.1 Å². The van der Waals surface area contributed by atoms with E-state index in [1.165, 1.54) is 24.0 Å². The minimum Gasteiger partial charge on any atom is -0.356 e. The predicted molar refractivity (Wildman–Crippen MR) is 139 cm³/mol. The van der Waals surface area contributed by atoms with Gasteiger partial charge in [0.15, 0.2) is 5.96 Å². The Bertz CT molecular complexity index is 998. The zero-order chi connectivity index (χ0) is 20.8. The summed E-state index contributed by atoms with van der Waals surface area (Å²) in [5.74, 6) is 1.89. The van der Waals surface area contributed by atoms with Gasteiger partial charge >= 0.3 is 0 Å². The molecule has 4 rings (SSSR count). The number of hydrogen-bond donors (Lipinski definition) is 2. The third-order valence-corrected chi connectivity index (χ3v) is 5.98. The molecule has 3 aromatic rings. The van der Waals surface area contributed by atoms with E-state index in [0.717, 1.165) is 42.9 Å². The van der Waals surface area contributed by atoms with Crippen molar-refractivity contribution in [1.29, 1.82) is 0 Å². The number of hydrogen-bond acceptors (Lipinski definition) is 2. The quantitative estimate of drug-likeness (QED) is 0.245. The third-order valence-electron chi connectivity index (χ3n) is 5.75. The van der Waals surface area contributed by atoms with Gasteiger partial charge in [-0.2, -0.15) is 0 Å². The number of benzene rings is 2. The average molecular weight is 550 g/mol. The van der Waals surface area contributed by atoms with E-state index in [9.17, 15) is 0 Å². The van der Waals surface area contributed by atoms with Crippen LogP contribution in [0.3, 0.4) is 0 Å². The molecule has 1 aromatic heterocycles. The maximum absolute atomic E-state index is 6.19. The van der Waals surface area contributed by atoms with Crippen molar-refractivity contribution in [3.05, 3.63) is 89.0 Å². The summed E-state index contributed by atoms with van der Waals surface area (Å²) in [7, 11) is 1.81. The van der Waals surface area contributed by atoms with E-state index < -0.39 is 0 Å². The molecule has 1 aliphatic rings. The van der Waals surface area contributed by atoms with Gasteiger partial charge in [0.2, 0.25) is 0 Å². The predicted octanol–water partition coefficient (Wildman–Crippen LogP) is 4.64. The molecule has 5 nitrogen and oxygen atoms in total. The number of halogens is 2. The summed E-state index contributed by atoms with van der Waals surface area (Å²) in [6, 6.07) is 18.7. The molecule has 31 heavy (non-hydrogen) atoms. The summed E-state index contributed by atoms with van der Waals surface area (Å²) >= 11 is 6.19. The van der Waals surface area contributed by atoms with Gasteiger partial charge in [0.25, 0.3) is 0 Å². The van der Waals surface area contributed by atoms with Crippen molar-refractivity contribution in [2.24, 2.45) is 4.99 Å². The van der Waals surface area contributed by atoms with Crippen LogP contribution >= 0.6 is 35.6 Å². The third kappa shape index (κ3) is 6.23. The molecule has 164 valence electrons. The van der Waals surface area contributed by atoms with Crippen molar-refractivity contribution in [3.8, 4) is 0 Å². The molecule has 0 aliphatic heterocycles. The molecule has 1 heterocycles. The topological polar surface area (TPSA) is 54.2 Å². The fraction of sp³-hybridized carbons (Fsp3) is 0.333. The van der Waals surface area contributed by atoms with Gasteiger partial charge in [-0.3, -0.25) is 4.99 Å². The van der Waals surface area contributed by atoms with Crippen LogP contribution in [0.1, 0.15) is 29.8 Å². The van der Waals surface area contributed by atoms with E-state index in [-0.39, 0.29) is 29.4 Å². The van der Waals surface area contributed by atoms with Gasteiger partial charge in [-0.15, -0.1) is 24.0 Å². The Morgan fingerprint density at radius 2 is 1.94 bits per heavy atom. The number of rotatable bonds is 8. The number of nitrogens with zero attached hydrogens (tertiary/aromatic N) is 3. The van der Waals surface area contributed by atoms with Crippen molar-refractivity contribution in [1.82, 2.24) is 20.2 Å². The molecule has 0 atom stereocenters. The normalized spacial score (nSPS) is 14.6. The molecular weight excluding hydrogens is 521 g/mol. The highest BCUT2D eigenvalue weighted by Gasteiger charge is 2.44. The molecule has 1 aliphatic carbocycles. The fourth-order valence-corrected chi connectivity index (χ4v) is 3.99. The minimum atomic E-state index is 0. The molecule has 0 radical (unpaired) electrons. The molecule has 2 N–H and O–H groups in total. The lowest BCUT2D eigenvalue weighted by molar-refractivity contribution is 0.641. The summed E-state index contributed by atoms with van der Waals surface area (Å²) < 4.78 is 2.20. The number of aromatic nitrogens is 2. The second kappa shape index (κ2) is 11.0. The highest BCUT2D eigenvalue weighted by molar-refractivity contribution is 14.0. The van der Waals surface area contributed by atoms with Crippen LogP contribution in [0.5, 0.6) is 0 Å². The zero-order valence-electron chi connectivity index (χ0n) is 17.7. The molecule has 0 spiro atoms. The Morgan fingerprint density at radius 1 is 1.13 bits per heavy atom. The van der Waals surface area contributed by atoms with Gasteiger partial charge in [0, 0.05) is 55.9 Å². The molecule has 0 unspecified atom stereocenters. The van der Waals surface area contributed by atoms with E-state index in [1.54, 1.807) is 0 Å². The lowest BCUT2D eigenvalue weighted by atomic mass is 9.96. The van der Waals surface area contributed by atoms with Crippen LogP contribution in [0.25, 0.3) is 0 Å². The SMILES string of the molecule is CN=C(NCCc1nccn1Cc1ccccc1)NCC1(c2cccc(Cl)c2)CC1.I. The van der Waals surface area contributed by atoms with Crippen LogP contribution in [0.4, 0.5) is 0 Å². The van der Waals surface area contributed by atoms with Crippen molar-refractivity contribution >= 4 is 41.5 Å². The highest BCUT2D eigenvalue weighted by Crippen LogP contribution is 2.48.